The maximum Gasteiger partial charge on any atom is 0.150 e. The van der Waals surface area contributed by atoms with Crippen LogP contribution in [0.3, 0.4) is 0 Å². The predicted molar refractivity (Wildman–Crippen MR) is 66.3 cm³/mol. The lowest BCUT2D eigenvalue weighted by Gasteiger charge is -2.23. The topological polar surface area (TPSA) is 27.1 Å². The smallest absolute Gasteiger partial charge is 0.150 e. The van der Waals surface area contributed by atoms with Crippen molar-refractivity contribution in [3.8, 4) is 0 Å². The van der Waals surface area contributed by atoms with Gasteiger partial charge in [0.25, 0.3) is 0 Å². The molecule has 0 spiro atoms. The summed E-state index contributed by atoms with van der Waals surface area (Å²) in [6.45, 7) is 0.847. The van der Waals surface area contributed by atoms with Crippen molar-refractivity contribution >= 4 is 26.8 Å². The average molecular weight is 281 g/mol. The zero-order valence-corrected chi connectivity index (χ0v) is 10.5. The number of hydrogen-bond acceptors (Lipinski definition) is 2. The molecule has 0 N–H and O–H groups in total. The molecule has 1 atom stereocenters. The Balaban J connectivity index is 2.06. The zero-order valence-electron chi connectivity index (χ0n) is 8.90. The van der Waals surface area contributed by atoms with Crippen molar-refractivity contribution in [2.45, 2.75) is 25.5 Å². The highest BCUT2D eigenvalue weighted by atomic mass is 79.9. The first-order chi connectivity index (χ1) is 7.86. The Morgan fingerprint density at radius 1 is 1.38 bits per heavy atom. The van der Waals surface area contributed by atoms with Gasteiger partial charge in [0.15, 0.2) is 6.23 Å². The second kappa shape index (κ2) is 4.18. The molecule has 0 saturated carbocycles. The fraction of sp³-hybridized carbons (Fsp3) is 0.417. The Kier molecular flexibility index (Phi) is 2.69. The van der Waals surface area contributed by atoms with E-state index in [4.69, 9.17) is 4.74 Å². The summed E-state index contributed by atoms with van der Waals surface area (Å²) < 4.78 is 8.84. The Morgan fingerprint density at radius 3 is 3.12 bits per heavy atom. The molecule has 1 aromatic carbocycles. The highest BCUT2D eigenvalue weighted by Crippen LogP contribution is 2.29. The summed E-state index contributed by atoms with van der Waals surface area (Å²) in [4.78, 5) is 0. The van der Waals surface area contributed by atoms with Gasteiger partial charge in [-0.2, -0.15) is 5.10 Å². The van der Waals surface area contributed by atoms with Crippen molar-refractivity contribution in [3.05, 3.63) is 28.9 Å². The van der Waals surface area contributed by atoms with Gasteiger partial charge in [-0.15, -0.1) is 0 Å². The van der Waals surface area contributed by atoms with Gasteiger partial charge in [-0.3, -0.25) is 0 Å². The van der Waals surface area contributed by atoms with Crippen LogP contribution in [0.25, 0.3) is 10.9 Å². The van der Waals surface area contributed by atoms with Crippen molar-refractivity contribution in [1.82, 2.24) is 9.78 Å². The van der Waals surface area contributed by atoms with Gasteiger partial charge in [0.2, 0.25) is 0 Å². The maximum absolute atomic E-state index is 5.76. The fourth-order valence-corrected chi connectivity index (χ4v) is 2.64. The van der Waals surface area contributed by atoms with E-state index in [-0.39, 0.29) is 6.23 Å². The maximum atomic E-state index is 5.76. The summed E-state index contributed by atoms with van der Waals surface area (Å²) in [5, 5.41) is 5.59. The third-order valence-corrected chi connectivity index (χ3v) is 3.71. The van der Waals surface area contributed by atoms with Crippen molar-refractivity contribution in [2.24, 2.45) is 0 Å². The van der Waals surface area contributed by atoms with Gasteiger partial charge < -0.3 is 4.74 Å². The standard InChI is InChI=1S/C12H13BrN2O/c13-10-4-3-5-11-9(10)8-14-15(11)12-6-1-2-7-16-12/h3-5,8,12H,1-2,6-7H2/t12-/m1/s1. The SMILES string of the molecule is Brc1cccc2c1cnn2[C@H]1CCCCO1. The third kappa shape index (κ3) is 1.66. The van der Waals surface area contributed by atoms with Crippen molar-refractivity contribution in [2.75, 3.05) is 6.61 Å². The highest BCUT2D eigenvalue weighted by molar-refractivity contribution is 9.10. The summed E-state index contributed by atoms with van der Waals surface area (Å²) in [6, 6.07) is 6.16. The van der Waals surface area contributed by atoms with Crippen LogP contribution in [0.15, 0.2) is 28.9 Å². The largest absolute Gasteiger partial charge is 0.356 e. The first-order valence-corrected chi connectivity index (χ1v) is 6.39. The Morgan fingerprint density at radius 2 is 2.31 bits per heavy atom. The van der Waals surface area contributed by atoms with Gasteiger partial charge in [0.1, 0.15) is 0 Å². The fourth-order valence-electron chi connectivity index (χ4n) is 2.18. The molecule has 0 radical (unpaired) electrons. The molecule has 16 heavy (non-hydrogen) atoms. The Bertz CT molecular complexity index is 503. The number of hydrogen-bond donors (Lipinski definition) is 0. The summed E-state index contributed by atoms with van der Waals surface area (Å²) >= 11 is 3.54. The normalized spacial score (nSPS) is 21.4. The van der Waals surface area contributed by atoms with Crippen LogP contribution in [-0.2, 0) is 4.74 Å². The molecule has 2 aromatic rings. The number of benzene rings is 1. The number of aromatic nitrogens is 2. The number of rotatable bonds is 1. The molecule has 1 saturated heterocycles. The summed E-state index contributed by atoms with van der Waals surface area (Å²) in [5.74, 6) is 0. The highest BCUT2D eigenvalue weighted by Gasteiger charge is 2.18. The molecule has 0 amide bonds. The lowest BCUT2D eigenvalue weighted by Crippen LogP contribution is -2.18. The molecule has 0 unspecified atom stereocenters. The second-order valence-electron chi connectivity index (χ2n) is 4.08. The van der Waals surface area contributed by atoms with E-state index in [1.54, 1.807) is 0 Å². The third-order valence-electron chi connectivity index (χ3n) is 3.02. The second-order valence-corrected chi connectivity index (χ2v) is 4.94. The molecule has 4 heteroatoms. The van der Waals surface area contributed by atoms with E-state index >= 15 is 0 Å². The van der Waals surface area contributed by atoms with E-state index in [2.05, 4.69) is 27.1 Å². The number of nitrogens with zero attached hydrogens (tertiary/aromatic N) is 2. The minimum absolute atomic E-state index is 0.112. The number of fused-ring (bicyclic) bond motifs is 1. The molecule has 0 aliphatic carbocycles. The van der Waals surface area contributed by atoms with Crippen molar-refractivity contribution < 1.29 is 4.74 Å². The number of halogens is 1. The monoisotopic (exact) mass is 280 g/mol. The van der Waals surface area contributed by atoms with Crippen LogP contribution < -0.4 is 0 Å². The lowest BCUT2D eigenvalue weighted by atomic mass is 10.2. The summed E-state index contributed by atoms with van der Waals surface area (Å²) in [5.41, 5.74) is 1.14. The van der Waals surface area contributed by atoms with Gasteiger partial charge in [0, 0.05) is 16.5 Å². The zero-order chi connectivity index (χ0) is 11.0. The molecule has 3 rings (SSSR count). The molecule has 3 nitrogen and oxygen atoms in total. The lowest BCUT2D eigenvalue weighted by molar-refractivity contribution is -0.0366. The van der Waals surface area contributed by atoms with Gasteiger partial charge >= 0.3 is 0 Å². The molecular formula is C12H13BrN2O. The van der Waals surface area contributed by atoms with Crippen LogP contribution in [0.4, 0.5) is 0 Å². The molecule has 1 aliphatic heterocycles. The van der Waals surface area contributed by atoms with Gasteiger partial charge in [-0.1, -0.05) is 22.0 Å². The molecular weight excluding hydrogens is 268 g/mol. The summed E-state index contributed by atoms with van der Waals surface area (Å²) in [6.07, 6.45) is 5.46. The van der Waals surface area contributed by atoms with Crippen LogP contribution in [0.1, 0.15) is 25.5 Å². The molecule has 84 valence electrons. The van der Waals surface area contributed by atoms with E-state index in [1.165, 1.54) is 12.8 Å². The van der Waals surface area contributed by atoms with Crippen LogP contribution in [0.2, 0.25) is 0 Å². The van der Waals surface area contributed by atoms with Crippen LogP contribution in [-0.4, -0.2) is 16.4 Å². The molecule has 1 aromatic heterocycles. The quantitative estimate of drug-likeness (QED) is 0.800. The minimum atomic E-state index is 0.112. The average Bonchev–Trinajstić information content (AvgIpc) is 2.75. The van der Waals surface area contributed by atoms with Gasteiger partial charge in [-0.25, -0.2) is 4.68 Å². The molecule has 2 heterocycles. The van der Waals surface area contributed by atoms with Crippen LogP contribution >= 0.6 is 15.9 Å². The van der Waals surface area contributed by atoms with Gasteiger partial charge in [-0.05, 0) is 31.4 Å². The molecule has 0 bridgehead atoms. The van der Waals surface area contributed by atoms with E-state index in [1.807, 2.05) is 23.0 Å². The van der Waals surface area contributed by atoms with Gasteiger partial charge in [0.05, 0.1) is 11.7 Å². The molecule has 1 fully saturated rings. The van der Waals surface area contributed by atoms with Crippen molar-refractivity contribution in [1.29, 1.82) is 0 Å². The van der Waals surface area contributed by atoms with E-state index in [9.17, 15) is 0 Å². The first-order valence-electron chi connectivity index (χ1n) is 5.59. The first kappa shape index (κ1) is 10.3. The Labute approximate surface area is 103 Å². The van der Waals surface area contributed by atoms with Crippen molar-refractivity contribution in [3.63, 3.8) is 0 Å². The predicted octanol–water partition coefficient (Wildman–Crippen LogP) is 3.50. The molecule has 1 aliphatic rings. The minimum Gasteiger partial charge on any atom is -0.356 e. The van der Waals surface area contributed by atoms with Crippen LogP contribution in [0.5, 0.6) is 0 Å². The van der Waals surface area contributed by atoms with E-state index < -0.39 is 0 Å². The Hall–Kier alpha value is -0.870. The van der Waals surface area contributed by atoms with E-state index in [0.29, 0.717) is 0 Å². The number of ether oxygens (including phenoxy) is 1. The van der Waals surface area contributed by atoms with Crippen LogP contribution in [0, 0.1) is 0 Å². The van der Waals surface area contributed by atoms with E-state index in [0.717, 1.165) is 28.4 Å². The summed E-state index contributed by atoms with van der Waals surface area (Å²) in [7, 11) is 0.